The standard InChI is InChI=1S/C16H19N3O2/c17-14(20)9-2-1-3-10-15(21)19-13-8-4-6-12-7-5-11-18-16(12)13/h4-8,11H,1-3,9-10H2,(H2,17,20)(H,19,21). The molecule has 0 radical (unpaired) electrons. The van der Waals surface area contributed by atoms with E-state index in [0.29, 0.717) is 12.8 Å². The number of carbonyl (C=O) groups is 2. The van der Waals surface area contributed by atoms with E-state index in [-0.39, 0.29) is 11.8 Å². The molecule has 1 aromatic carbocycles. The Morgan fingerprint density at radius 3 is 2.62 bits per heavy atom. The van der Waals surface area contributed by atoms with Gasteiger partial charge in [0.05, 0.1) is 11.2 Å². The summed E-state index contributed by atoms with van der Waals surface area (Å²) in [4.78, 5) is 26.8. The minimum atomic E-state index is -0.290. The van der Waals surface area contributed by atoms with Crippen LogP contribution in [0.2, 0.25) is 0 Å². The summed E-state index contributed by atoms with van der Waals surface area (Å²) in [6.07, 6.45) is 4.83. The first-order valence-electron chi connectivity index (χ1n) is 7.09. The second kappa shape index (κ2) is 7.38. The molecule has 0 aliphatic carbocycles. The minimum absolute atomic E-state index is 0.0350. The third-order valence-electron chi connectivity index (χ3n) is 3.23. The van der Waals surface area contributed by atoms with Crippen molar-refractivity contribution in [2.45, 2.75) is 32.1 Å². The normalized spacial score (nSPS) is 10.5. The quantitative estimate of drug-likeness (QED) is 0.767. The van der Waals surface area contributed by atoms with E-state index in [0.717, 1.165) is 35.9 Å². The van der Waals surface area contributed by atoms with Gasteiger partial charge in [-0.05, 0) is 25.0 Å². The number of rotatable bonds is 7. The van der Waals surface area contributed by atoms with Crippen LogP contribution in [0.15, 0.2) is 36.5 Å². The number of carbonyl (C=O) groups excluding carboxylic acids is 2. The number of hydrogen-bond acceptors (Lipinski definition) is 3. The van der Waals surface area contributed by atoms with Crippen molar-refractivity contribution >= 4 is 28.4 Å². The lowest BCUT2D eigenvalue weighted by Crippen LogP contribution is -2.12. The van der Waals surface area contributed by atoms with Crippen molar-refractivity contribution in [2.24, 2.45) is 5.73 Å². The Labute approximate surface area is 123 Å². The number of nitrogens with one attached hydrogen (secondary N) is 1. The van der Waals surface area contributed by atoms with Crippen molar-refractivity contribution < 1.29 is 9.59 Å². The molecular formula is C16H19N3O2. The van der Waals surface area contributed by atoms with Crippen LogP contribution in [-0.2, 0) is 9.59 Å². The topological polar surface area (TPSA) is 85.1 Å². The van der Waals surface area contributed by atoms with E-state index in [1.165, 1.54) is 0 Å². The number of aromatic nitrogens is 1. The molecule has 1 aromatic heterocycles. The molecule has 2 aromatic rings. The van der Waals surface area contributed by atoms with Crippen molar-refractivity contribution in [3.05, 3.63) is 36.5 Å². The van der Waals surface area contributed by atoms with Crippen molar-refractivity contribution in [3.8, 4) is 0 Å². The van der Waals surface area contributed by atoms with Gasteiger partial charge >= 0.3 is 0 Å². The molecule has 0 saturated heterocycles. The molecule has 0 atom stereocenters. The summed E-state index contributed by atoms with van der Waals surface area (Å²) in [5, 5.41) is 3.89. The summed E-state index contributed by atoms with van der Waals surface area (Å²) in [5.41, 5.74) is 6.59. The van der Waals surface area contributed by atoms with E-state index < -0.39 is 0 Å². The van der Waals surface area contributed by atoms with Gasteiger partial charge in [-0.3, -0.25) is 14.6 Å². The highest BCUT2D eigenvalue weighted by Crippen LogP contribution is 2.20. The third kappa shape index (κ3) is 4.56. The number of primary amides is 1. The second-order valence-electron chi connectivity index (χ2n) is 4.96. The molecule has 21 heavy (non-hydrogen) atoms. The number of fused-ring (bicyclic) bond motifs is 1. The molecule has 5 heteroatoms. The van der Waals surface area contributed by atoms with Gasteiger partial charge in [0.25, 0.3) is 0 Å². The molecule has 0 spiro atoms. The summed E-state index contributed by atoms with van der Waals surface area (Å²) in [6, 6.07) is 9.53. The Morgan fingerprint density at radius 1 is 1.05 bits per heavy atom. The average Bonchev–Trinajstić information content (AvgIpc) is 2.47. The lowest BCUT2D eigenvalue weighted by atomic mass is 10.1. The maximum absolute atomic E-state index is 11.9. The number of nitrogens with two attached hydrogens (primary N) is 1. The molecule has 2 rings (SSSR count). The Morgan fingerprint density at radius 2 is 1.81 bits per heavy atom. The average molecular weight is 285 g/mol. The van der Waals surface area contributed by atoms with Gasteiger partial charge in [0, 0.05) is 24.4 Å². The lowest BCUT2D eigenvalue weighted by Gasteiger charge is -2.07. The van der Waals surface area contributed by atoms with Crippen LogP contribution in [-0.4, -0.2) is 16.8 Å². The summed E-state index contributed by atoms with van der Waals surface area (Å²) >= 11 is 0. The largest absolute Gasteiger partial charge is 0.370 e. The highest BCUT2D eigenvalue weighted by Gasteiger charge is 2.06. The summed E-state index contributed by atoms with van der Waals surface area (Å²) < 4.78 is 0. The monoisotopic (exact) mass is 285 g/mol. The maximum Gasteiger partial charge on any atom is 0.224 e. The van der Waals surface area contributed by atoms with Crippen molar-refractivity contribution in [1.29, 1.82) is 0 Å². The molecule has 3 N–H and O–H groups in total. The van der Waals surface area contributed by atoms with E-state index in [1.54, 1.807) is 6.20 Å². The lowest BCUT2D eigenvalue weighted by molar-refractivity contribution is -0.118. The van der Waals surface area contributed by atoms with E-state index in [1.807, 2.05) is 30.3 Å². The zero-order chi connectivity index (χ0) is 15.1. The number of amides is 2. The van der Waals surface area contributed by atoms with Gasteiger partial charge in [-0.15, -0.1) is 0 Å². The Kier molecular flexibility index (Phi) is 5.26. The van der Waals surface area contributed by atoms with E-state index in [2.05, 4.69) is 10.3 Å². The first-order valence-corrected chi connectivity index (χ1v) is 7.09. The molecule has 0 saturated carbocycles. The summed E-state index contributed by atoms with van der Waals surface area (Å²) in [5.74, 6) is -0.325. The van der Waals surface area contributed by atoms with E-state index in [9.17, 15) is 9.59 Å². The predicted octanol–water partition coefficient (Wildman–Crippen LogP) is 2.61. The maximum atomic E-state index is 11.9. The van der Waals surface area contributed by atoms with Crippen LogP contribution in [0, 0.1) is 0 Å². The number of benzene rings is 1. The van der Waals surface area contributed by atoms with Crippen LogP contribution >= 0.6 is 0 Å². The number of pyridine rings is 1. The minimum Gasteiger partial charge on any atom is -0.370 e. The fraction of sp³-hybridized carbons (Fsp3) is 0.312. The van der Waals surface area contributed by atoms with Gasteiger partial charge in [0.15, 0.2) is 0 Å². The van der Waals surface area contributed by atoms with Crippen LogP contribution in [0.4, 0.5) is 5.69 Å². The number of hydrogen-bond donors (Lipinski definition) is 2. The van der Waals surface area contributed by atoms with Gasteiger partial charge in [-0.1, -0.05) is 24.6 Å². The summed E-state index contributed by atoms with van der Waals surface area (Å²) in [6.45, 7) is 0. The molecule has 0 fully saturated rings. The fourth-order valence-corrected chi connectivity index (χ4v) is 2.18. The Bertz CT molecular complexity index is 635. The number of anilines is 1. The first kappa shape index (κ1) is 15.0. The van der Waals surface area contributed by atoms with Gasteiger partial charge in [0.1, 0.15) is 0 Å². The van der Waals surface area contributed by atoms with Crippen molar-refractivity contribution in [1.82, 2.24) is 4.98 Å². The molecule has 1 heterocycles. The molecular weight excluding hydrogens is 266 g/mol. The number of nitrogens with zero attached hydrogens (tertiary/aromatic N) is 1. The highest BCUT2D eigenvalue weighted by molar-refractivity contribution is 6.00. The first-order chi connectivity index (χ1) is 10.2. The van der Waals surface area contributed by atoms with Crippen LogP contribution in [0.25, 0.3) is 10.9 Å². The van der Waals surface area contributed by atoms with Crippen molar-refractivity contribution in [3.63, 3.8) is 0 Å². The molecule has 0 bridgehead atoms. The van der Waals surface area contributed by atoms with Crippen molar-refractivity contribution in [2.75, 3.05) is 5.32 Å². The summed E-state index contributed by atoms with van der Waals surface area (Å²) in [7, 11) is 0. The Hall–Kier alpha value is -2.43. The fourth-order valence-electron chi connectivity index (χ4n) is 2.18. The SMILES string of the molecule is NC(=O)CCCCCC(=O)Nc1cccc2cccnc12. The third-order valence-corrected chi connectivity index (χ3v) is 3.23. The molecule has 110 valence electrons. The second-order valence-corrected chi connectivity index (χ2v) is 4.96. The Balaban J connectivity index is 1.86. The van der Waals surface area contributed by atoms with E-state index >= 15 is 0 Å². The molecule has 5 nitrogen and oxygen atoms in total. The highest BCUT2D eigenvalue weighted by atomic mass is 16.1. The van der Waals surface area contributed by atoms with Gasteiger partial charge in [-0.2, -0.15) is 0 Å². The van der Waals surface area contributed by atoms with Crippen LogP contribution in [0.1, 0.15) is 32.1 Å². The van der Waals surface area contributed by atoms with Crippen LogP contribution in [0.3, 0.4) is 0 Å². The zero-order valence-electron chi connectivity index (χ0n) is 11.8. The number of para-hydroxylation sites is 1. The van der Waals surface area contributed by atoms with E-state index in [4.69, 9.17) is 5.73 Å². The van der Waals surface area contributed by atoms with Crippen LogP contribution in [0.5, 0.6) is 0 Å². The molecule has 0 unspecified atom stereocenters. The van der Waals surface area contributed by atoms with Crippen LogP contribution < -0.4 is 11.1 Å². The predicted molar refractivity (Wildman–Crippen MR) is 82.7 cm³/mol. The van der Waals surface area contributed by atoms with Gasteiger partial charge in [0.2, 0.25) is 11.8 Å². The smallest absolute Gasteiger partial charge is 0.224 e. The van der Waals surface area contributed by atoms with Gasteiger partial charge < -0.3 is 11.1 Å². The van der Waals surface area contributed by atoms with Gasteiger partial charge in [-0.25, -0.2) is 0 Å². The molecule has 0 aliphatic rings. The number of unbranched alkanes of at least 4 members (excludes halogenated alkanes) is 2. The molecule has 2 amide bonds. The zero-order valence-corrected chi connectivity index (χ0v) is 11.8. The molecule has 0 aliphatic heterocycles.